The van der Waals surface area contributed by atoms with E-state index in [-0.39, 0.29) is 5.91 Å². The number of hydrogen-bond acceptors (Lipinski definition) is 4. The molecule has 1 atom stereocenters. The summed E-state index contributed by atoms with van der Waals surface area (Å²) in [6.07, 6.45) is 9.27. The first-order valence-electron chi connectivity index (χ1n) is 11.0. The maximum atomic E-state index is 11.1. The van der Waals surface area contributed by atoms with E-state index in [2.05, 4.69) is 36.4 Å². The van der Waals surface area contributed by atoms with E-state index in [1.165, 1.54) is 32.1 Å². The van der Waals surface area contributed by atoms with Gasteiger partial charge in [0.1, 0.15) is 0 Å². The van der Waals surface area contributed by atoms with Crippen LogP contribution in [0.15, 0.2) is 12.3 Å². The number of ether oxygens (including phenoxy) is 1. The zero-order valence-corrected chi connectivity index (χ0v) is 19.4. The van der Waals surface area contributed by atoms with Crippen molar-refractivity contribution in [3.63, 3.8) is 0 Å². The van der Waals surface area contributed by atoms with Crippen molar-refractivity contribution >= 4 is 23.7 Å². The third kappa shape index (κ3) is 10.4. The second-order valence-electron chi connectivity index (χ2n) is 7.34. The molecule has 6 nitrogen and oxygen atoms in total. The van der Waals surface area contributed by atoms with Crippen LogP contribution < -0.4 is 10.6 Å². The van der Waals surface area contributed by atoms with Gasteiger partial charge in [-0.3, -0.25) is 14.6 Å². The molecule has 166 valence electrons. The normalized spacial score (nSPS) is 16.7. The lowest BCUT2D eigenvalue weighted by Crippen LogP contribution is -2.18. The molecule has 0 bridgehead atoms. The first-order valence-corrected chi connectivity index (χ1v) is 11.0. The number of nitrogens with one attached hydrogen (secondary N) is 2. The number of amides is 2. The number of carbonyl (C=O) groups excluding carboxylic acids is 2. The smallest absolute Gasteiger partial charge is 0.224 e. The molecule has 1 unspecified atom stereocenters. The molecule has 0 aromatic carbocycles. The van der Waals surface area contributed by atoms with Crippen LogP contribution in [0, 0.1) is 12.8 Å². The molecule has 29 heavy (non-hydrogen) atoms. The van der Waals surface area contributed by atoms with Gasteiger partial charge in [0.2, 0.25) is 12.3 Å². The highest BCUT2D eigenvalue weighted by molar-refractivity contribution is 5.91. The van der Waals surface area contributed by atoms with E-state index in [4.69, 9.17) is 4.74 Å². The summed E-state index contributed by atoms with van der Waals surface area (Å²) in [7, 11) is 0. The second-order valence-corrected chi connectivity index (χ2v) is 7.34. The zero-order chi connectivity index (χ0) is 22.3. The summed E-state index contributed by atoms with van der Waals surface area (Å²) < 4.78 is 5.54. The average Bonchev–Trinajstić information content (AvgIpc) is 3.51. The molecule has 2 heterocycles. The minimum absolute atomic E-state index is 0.0855. The summed E-state index contributed by atoms with van der Waals surface area (Å²) in [4.78, 5) is 25.4. The Morgan fingerprint density at radius 3 is 2.41 bits per heavy atom. The van der Waals surface area contributed by atoms with Gasteiger partial charge >= 0.3 is 0 Å². The van der Waals surface area contributed by atoms with Crippen LogP contribution in [-0.2, 0) is 14.3 Å². The molecular formula is C23H41N3O3. The van der Waals surface area contributed by atoms with Gasteiger partial charge < -0.3 is 15.4 Å². The Morgan fingerprint density at radius 2 is 1.93 bits per heavy atom. The Morgan fingerprint density at radius 1 is 1.28 bits per heavy atom. The fourth-order valence-electron chi connectivity index (χ4n) is 2.77. The van der Waals surface area contributed by atoms with Crippen molar-refractivity contribution in [3.05, 3.63) is 18.0 Å². The molecule has 1 saturated heterocycles. The molecule has 0 aliphatic carbocycles. The molecule has 1 fully saturated rings. The molecule has 1 aromatic rings. The summed E-state index contributed by atoms with van der Waals surface area (Å²) in [6.45, 7) is 15.3. The van der Waals surface area contributed by atoms with Gasteiger partial charge in [-0.2, -0.15) is 0 Å². The van der Waals surface area contributed by atoms with Crippen LogP contribution in [0.4, 0.5) is 11.4 Å². The van der Waals surface area contributed by atoms with E-state index in [1.54, 1.807) is 26.1 Å². The van der Waals surface area contributed by atoms with Crippen LogP contribution in [0.2, 0.25) is 0 Å². The molecule has 0 saturated carbocycles. The van der Waals surface area contributed by atoms with E-state index in [0.717, 1.165) is 6.61 Å². The van der Waals surface area contributed by atoms with Gasteiger partial charge in [0.05, 0.1) is 35.5 Å². The highest BCUT2D eigenvalue weighted by atomic mass is 16.6. The molecule has 6 heteroatoms. The Balaban J connectivity index is 0.000000508. The van der Waals surface area contributed by atoms with Crippen molar-refractivity contribution in [1.82, 2.24) is 4.98 Å². The number of anilines is 2. The maximum Gasteiger partial charge on any atom is 0.224 e. The third-order valence-corrected chi connectivity index (χ3v) is 4.93. The number of rotatable bonds is 10. The molecule has 2 rings (SSSR count). The minimum atomic E-state index is -0.0855. The topological polar surface area (TPSA) is 83.6 Å². The second kappa shape index (κ2) is 15.0. The number of epoxide rings is 1. The monoisotopic (exact) mass is 407 g/mol. The number of hydrogen-bond donors (Lipinski definition) is 2. The average molecular weight is 408 g/mol. The largest absolute Gasteiger partial charge is 0.369 e. The molecule has 0 radical (unpaired) electrons. The van der Waals surface area contributed by atoms with Crippen molar-refractivity contribution < 1.29 is 14.3 Å². The van der Waals surface area contributed by atoms with Gasteiger partial charge in [0.15, 0.2) is 0 Å². The number of nitrogens with zero attached hydrogens (tertiary/aromatic N) is 1. The maximum absolute atomic E-state index is 11.1. The number of aromatic nitrogens is 1. The summed E-state index contributed by atoms with van der Waals surface area (Å²) in [5, 5.41) is 5.17. The zero-order valence-electron chi connectivity index (χ0n) is 19.4. The molecule has 1 aromatic heterocycles. The van der Waals surface area contributed by atoms with Gasteiger partial charge in [-0.1, -0.05) is 67.2 Å². The highest BCUT2D eigenvalue weighted by Crippen LogP contribution is 2.39. The van der Waals surface area contributed by atoms with E-state index in [0.29, 0.717) is 41.4 Å². The van der Waals surface area contributed by atoms with Crippen molar-refractivity contribution in [2.24, 2.45) is 5.92 Å². The van der Waals surface area contributed by atoms with Crippen molar-refractivity contribution in [1.29, 1.82) is 0 Å². The van der Waals surface area contributed by atoms with Crippen LogP contribution in [0.3, 0.4) is 0 Å². The molecular weight excluding hydrogens is 366 g/mol. The van der Waals surface area contributed by atoms with E-state index < -0.39 is 0 Å². The van der Waals surface area contributed by atoms with Crippen molar-refractivity contribution in [2.45, 2.75) is 92.6 Å². The summed E-state index contributed by atoms with van der Waals surface area (Å²) in [6, 6.07) is 1.67. The quantitative estimate of drug-likeness (QED) is 0.295. The number of carbonyl (C=O) groups is 2. The summed E-state index contributed by atoms with van der Waals surface area (Å²) >= 11 is 0. The summed E-state index contributed by atoms with van der Waals surface area (Å²) in [5.74, 6) is 0.622. The SMILES string of the molecule is CC.CCC(=O)Nc1cnc(C)c(NC=O)c1.CCCCCCC1(C(C)C)CO1. The van der Waals surface area contributed by atoms with Gasteiger partial charge in [0, 0.05) is 6.42 Å². The fraction of sp³-hybridized carbons (Fsp3) is 0.696. The lowest BCUT2D eigenvalue weighted by molar-refractivity contribution is -0.115. The Labute approximate surface area is 177 Å². The van der Waals surface area contributed by atoms with E-state index in [9.17, 15) is 9.59 Å². The van der Waals surface area contributed by atoms with Crippen LogP contribution in [0.25, 0.3) is 0 Å². The summed E-state index contributed by atoms with van der Waals surface area (Å²) in [5.41, 5.74) is 2.18. The van der Waals surface area contributed by atoms with Gasteiger partial charge in [0.25, 0.3) is 0 Å². The predicted molar refractivity (Wildman–Crippen MR) is 121 cm³/mol. The Bertz CT molecular complexity index is 599. The van der Waals surface area contributed by atoms with E-state index in [1.807, 2.05) is 13.8 Å². The Hall–Kier alpha value is -1.95. The van der Waals surface area contributed by atoms with Crippen LogP contribution in [0.1, 0.15) is 85.8 Å². The molecule has 0 spiro atoms. The Kier molecular flexibility index (Phi) is 14.0. The molecule has 1 aliphatic heterocycles. The van der Waals surface area contributed by atoms with Crippen LogP contribution >= 0.6 is 0 Å². The number of pyridine rings is 1. The standard InChI is InChI=1S/C11H22O.C10H13N3O2.C2H6/c1-4-5-6-7-8-11(9-12-11)10(2)3;1-3-10(15)13-8-4-9(12-6-14)7(2)11-5-8;1-2/h10H,4-9H2,1-3H3;4-6H,3H2,1-2H3,(H,12,14)(H,13,15);1-2H3. The minimum Gasteiger partial charge on any atom is -0.369 e. The molecule has 1 aliphatic rings. The highest BCUT2D eigenvalue weighted by Gasteiger charge is 2.46. The van der Waals surface area contributed by atoms with Gasteiger partial charge in [-0.15, -0.1) is 0 Å². The van der Waals surface area contributed by atoms with Gasteiger partial charge in [-0.05, 0) is 25.3 Å². The predicted octanol–water partition coefficient (Wildman–Crippen LogP) is 5.71. The fourth-order valence-corrected chi connectivity index (χ4v) is 2.77. The van der Waals surface area contributed by atoms with Crippen LogP contribution in [-0.4, -0.2) is 29.5 Å². The molecule has 2 amide bonds. The first-order chi connectivity index (χ1) is 13.9. The number of unbranched alkanes of at least 4 members (excludes halogenated alkanes) is 3. The van der Waals surface area contributed by atoms with Gasteiger partial charge in [-0.25, -0.2) is 0 Å². The van der Waals surface area contributed by atoms with Crippen molar-refractivity contribution in [3.8, 4) is 0 Å². The first kappa shape index (κ1) is 27.0. The lowest BCUT2D eigenvalue weighted by Gasteiger charge is -2.15. The lowest BCUT2D eigenvalue weighted by atomic mass is 9.91. The van der Waals surface area contributed by atoms with Crippen LogP contribution in [0.5, 0.6) is 0 Å². The van der Waals surface area contributed by atoms with E-state index >= 15 is 0 Å². The molecule has 2 N–H and O–H groups in total. The number of aryl methyl sites for hydroxylation is 1. The third-order valence-electron chi connectivity index (χ3n) is 4.93. The van der Waals surface area contributed by atoms with Crippen molar-refractivity contribution in [2.75, 3.05) is 17.2 Å².